The normalized spacial score (nSPS) is 28.0. The molecule has 0 aromatic carbocycles. The summed E-state index contributed by atoms with van der Waals surface area (Å²) in [7, 11) is 0. The van der Waals surface area contributed by atoms with E-state index in [0.29, 0.717) is 0 Å². The van der Waals surface area contributed by atoms with Crippen LogP contribution in [0.2, 0.25) is 0 Å². The molecule has 0 aromatic heterocycles. The first-order valence-corrected chi connectivity index (χ1v) is 8.95. The molecule has 1 saturated heterocycles. The summed E-state index contributed by atoms with van der Waals surface area (Å²) >= 11 is 22.4. The van der Waals surface area contributed by atoms with Gasteiger partial charge in [0.15, 0.2) is 23.9 Å². The zero-order valence-electron chi connectivity index (χ0n) is 14.3. The highest BCUT2D eigenvalue weighted by Gasteiger charge is 2.53. The Hall–Kier alpha value is -1.00. The van der Waals surface area contributed by atoms with E-state index in [-0.39, 0.29) is 6.61 Å². The summed E-state index contributed by atoms with van der Waals surface area (Å²) in [4.78, 5) is 45.9. The lowest BCUT2D eigenvalue weighted by Gasteiger charge is -2.42. The Morgan fingerprint density at radius 2 is 1.37 bits per heavy atom. The molecule has 1 aliphatic heterocycles. The van der Waals surface area contributed by atoms with E-state index in [0.717, 1.165) is 20.8 Å². The fourth-order valence-corrected chi connectivity index (χ4v) is 2.63. The van der Waals surface area contributed by atoms with Gasteiger partial charge >= 0.3 is 23.9 Å². The molecule has 1 aliphatic rings. The van der Waals surface area contributed by atoms with Gasteiger partial charge in [-0.25, -0.2) is 4.79 Å². The molecule has 13 heteroatoms. The Kier molecular flexibility index (Phi) is 8.88. The lowest BCUT2D eigenvalue weighted by Crippen LogP contribution is -2.61. The molecule has 0 bridgehead atoms. The van der Waals surface area contributed by atoms with Crippen LogP contribution in [0.15, 0.2) is 0 Å². The molecule has 0 saturated carbocycles. The van der Waals surface area contributed by atoms with Gasteiger partial charge in [-0.3, -0.25) is 14.4 Å². The lowest BCUT2D eigenvalue weighted by atomic mass is 9.99. The molecule has 0 aliphatic carbocycles. The van der Waals surface area contributed by atoms with Crippen molar-refractivity contribution in [3.8, 4) is 0 Å². The fraction of sp³-hybridized carbons (Fsp3) is 0.714. The van der Waals surface area contributed by atoms with E-state index < -0.39 is 57.6 Å². The van der Waals surface area contributed by atoms with Gasteiger partial charge in [-0.2, -0.15) is 0 Å². The van der Waals surface area contributed by atoms with Gasteiger partial charge in [-0.05, 0) is 0 Å². The first kappa shape index (κ1) is 24.0. The Balaban J connectivity index is 3.18. The number of hydrogen-bond donors (Lipinski definition) is 0. The van der Waals surface area contributed by atoms with Crippen LogP contribution in [-0.2, 0) is 42.9 Å². The first-order valence-electron chi connectivity index (χ1n) is 7.38. The van der Waals surface area contributed by atoms with Crippen LogP contribution in [-0.4, -0.2) is 64.3 Å². The molecule has 0 amide bonds. The summed E-state index contributed by atoms with van der Waals surface area (Å²) in [6.45, 7) is 2.93. The molecular formula is C14H16Cl4O9. The molecule has 0 N–H and O–H groups in total. The van der Waals surface area contributed by atoms with Crippen molar-refractivity contribution in [3.05, 3.63) is 0 Å². The third-order valence-corrected chi connectivity index (χ3v) is 3.92. The molecule has 0 spiro atoms. The standard InChI is InChI=1S/C14H16Cl4O9/c1-5(19)23-4-8-9(24-6(2)20)10(25-7(3)21)11(12(15)26-8)27-13(22)14(16,17)18/h8-12H,4H2,1-3H3/t8-,9+,10+,11+,12-/m1/s1. The van der Waals surface area contributed by atoms with Crippen molar-refractivity contribution in [1.29, 1.82) is 0 Å². The van der Waals surface area contributed by atoms with Gasteiger partial charge in [-0.15, -0.1) is 0 Å². The van der Waals surface area contributed by atoms with Gasteiger partial charge < -0.3 is 23.7 Å². The monoisotopic (exact) mass is 468 g/mol. The Labute approximate surface area is 174 Å². The highest BCUT2D eigenvalue weighted by Crippen LogP contribution is 2.34. The minimum atomic E-state index is -2.44. The molecule has 1 fully saturated rings. The average molecular weight is 470 g/mol. The molecular weight excluding hydrogens is 454 g/mol. The summed E-state index contributed by atoms with van der Waals surface area (Å²) in [5, 5.41) is 0. The van der Waals surface area contributed by atoms with Crippen LogP contribution < -0.4 is 0 Å². The summed E-state index contributed by atoms with van der Waals surface area (Å²) in [6.07, 6.45) is -5.35. The molecule has 5 atom stereocenters. The summed E-state index contributed by atoms with van der Waals surface area (Å²) in [5.41, 5.74) is -1.40. The van der Waals surface area contributed by atoms with Crippen molar-refractivity contribution >= 4 is 70.3 Å². The van der Waals surface area contributed by atoms with Crippen LogP contribution in [0.5, 0.6) is 0 Å². The minimum absolute atomic E-state index is 0.376. The number of ether oxygens (including phenoxy) is 5. The molecule has 27 heavy (non-hydrogen) atoms. The van der Waals surface area contributed by atoms with Crippen LogP contribution >= 0.6 is 46.4 Å². The van der Waals surface area contributed by atoms with Gasteiger partial charge in [0.25, 0.3) is 3.79 Å². The number of alkyl halides is 4. The summed E-state index contributed by atoms with van der Waals surface area (Å²) in [5.74, 6) is -3.53. The second-order valence-corrected chi connectivity index (χ2v) is 8.06. The highest BCUT2D eigenvalue weighted by atomic mass is 35.6. The predicted molar refractivity (Wildman–Crippen MR) is 92.4 cm³/mol. The van der Waals surface area contributed by atoms with Crippen molar-refractivity contribution < 1.29 is 42.9 Å². The van der Waals surface area contributed by atoms with E-state index in [4.69, 9.17) is 70.1 Å². The van der Waals surface area contributed by atoms with Crippen LogP contribution in [0.1, 0.15) is 20.8 Å². The van der Waals surface area contributed by atoms with E-state index in [1.165, 1.54) is 0 Å². The van der Waals surface area contributed by atoms with Gasteiger partial charge in [0.2, 0.25) is 0 Å². The van der Waals surface area contributed by atoms with E-state index in [9.17, 15) is 19.2 Å². The topological polar surface area (TPSA) is 114 Å². The highest BCUT2D eigenvalue weighted by molar-refractivity contribution is 6.75. The number of esters is 4. The van der Waals surface area contributed by atoms with E-state index in [1.54, 1.807) is 0 Å². The number of rotatable bonds is 5. The fourth-order valence-electron chi connectivity index (χ4n) is 2.17. The second kappa shape index (κ2) is 9.97. The van der Waals surface area contributed by atoms with Crippen molar-refractivity contribution in [2.45, 2.75) is 54.5 Å². The molecule has 0 radical (unpaired) electrons. The smallest absolute Gasteiger partial charge is 0.359 e. The Morgan fingerprint density at radius 1 is 0.852 bits per heavy atom. The molecule has 1 rings (SSSR count). The maximum absolute atomic E-state index is 11.9. The first-order chi connectivity index (χ1) is 12.3. The molecule has 1 heterocycles. The average Bonchev–Trinajstić information content (AvgIpc) is 2.49. The third-order valence-electron chi connectivity index (χ3n) is 3.11. The zero-order chi connectivity index (χ0) is 20.9. The molecule has 0 unspecified atom stereocenters. The van der Waals surface area contributed by atoms with Gasteiger partial charge in [0.05, 0.1) is 0 Å². The third kappa shape index (κ3) is 7.50. The van der Waals surface area contributed by atoms with E-state index in [2.05, 4.69) is 0 Å². The van der Waals surface area contributed by atoms with E-state index >= 15 is 0 Å². The van der Waals surface area contributed by atoms with Crippen LogP contribution in [0, 0.1) is 0 Å². The molecule has 0 aromatic rings. The Bertz CT molecular complexity index is 592. The van der Waals surface area contributed by atoms with Crippen molar-refractivity contribution in [2.24, 2.45) is 0 Å². The molecule has 9 nitrogen and oxygen atoms in total. The SMILES string of the molecule is CC(=O)OC[C@H]1O[C@@H](Cl)[C@@H](OC(=O)C(Cl)(Cl)Cl)[C@@H](OC(C)=O)[C@H]1OC(C)=O. The number of hydrogen-bond acceptors (Lipinski definition) is 9. The lowest BCUT2D eigenvalue weighted by molar-refractivity contribution is -0.239. The predicted octanol–water partition coefficient (Wildman–Crippen LogP) is 1.66. The second-order valence-electron chi connectivity index (χ2n) is 5.34. The maximum Gasteiger partial charge on any atom is 0.359 e. The largest absolute Gasteiger partial charge is 0.463 e. The number of halogens is 4. The number of carbonyl (C=O) groups excluding carboxylic acids is 4. The summed E-state index contributed by atoms with van der Waals surface area (Å²) < 4.78 is 23.0. The van der Waals surface area contributed by atoms with E-state index in [1.807, 2.05) is 0 Å². The molecule has 154 valence electrons. The van der Waals surface area contributed by atoms with Gasteiger partial charge in [-0.1, -0.05) is 46.4 Å². The summed E-state index contributed by atoms with van der Waals surface area (Å²) in [6, 6.07) is 0. The maximum atomic E-state index is 11.9. The Morgan fingerprint density at radius 3 is 1.81 bits per heavy atom. The minimum Gasteiger partial charge on any atom is -0.463 e. The van der Waals surface area contributed by atoms with Crippen LogP contribution in [0.3, 0.4) is 0 Å². The number of carbonyl (C=O) groups is 4. The van der Waals surface area contributed by atoms with Crippen LogP contribution in [0.25, 0.3) is 0 Å². The van der Waals surface area contributed by atoms with Crippen LogP contribution in [0.4, 0.5) is 0 Å². The van der Waals surface area contributed by atoms with Crippen molar-refractivity contribution in [2.75, 3.05) is 6.61 Å². The quantitative estimate of drug-likeness (QED) is 0.336. The van der Waals surface area contributed by atoms with Crippen molar-refractivity contribution in [3.63, 3.8) is 0 Å². The van der Waals surface area contributed by atoms with Gasteiger partial charge in [0, 0.05) is 20.8 Å². The van der Waals surface area contributed by atoms with Gasteiger partial charge in [0.1, 0.15) is 12.7 Å². The van der Waals surface area contributed by atoms with Crippen molar-refractivity contribution in [1.82, 2.24) is 0 Å². The zero-order valence-corrected chi connectivity index (χ0v) is 17.3.